The second-order valence-corrected chi connectivity index (χ2v) is 5.54. The minimum atomic E-state index is -0.479. The van der Waals surface area contributed by atoms with Crippen LogP contribution in [0.1, 0.15) is 25.3 Å². The Morgan fingerprint density at radius 2 is 2.11 bits per heavy atom. The number of piperidine rings is 1. The van der Waals surface area contributed by atoms with E-state index in [1.165, 1.54) is 0 Å². The molecule has 1 saturated heterocycles. The maximum atomic E-state index is 9.88. The molecule has 2 rings (SSSR count). The molecule has 4 nitrogen and oxygen atoms in total. The average Bonchev–Trinajstić information content (AvgIpc) is 2.41. The molecule has 1 heterocycles. The Bertz CT molecular complexity index is 397. The number of nitrogens with zero attached hydrogens (tertiary/aromatic N) is 1. The van der Waals surface area contributed by atoms with Gasteiger partial charge in [0.15, 0.2) is 0 Å². The summed E-state index contributed by atoms with van der Waals surface area (Å²) in [6.07, 6.45) is 1.69. The van der Waals surface area contributed by atoms with Gasteiger partial charge in [-0.2, -0.15) is 0 Å². The van der Waals surface area contributed by atoms with Crippen molar-refractivity contribution in [1.29, 1.82) is 0 Å². The predicted molar refractivity (Wildman–Crippen MR) is 76.1 cm³/mol. The monoisotopic (exact) mass is 264 g/mol. The van der Waals surface area contributed by atoms with Gasteiger partial charge in [-0.15, -0.1) is 0 Å². The first kappa shape index (κ1) is 14.3. The highest BCUT2D eigenvalue weighted by Gasteiger charge is 2.26. The maximum Gasteiger partial charge on any atom is 0.119 e. The molecule has 1 aliphatic heterocycles. The summed E-state index contributed by atoms with van der Waals surface area (Å²) in [4.78, 5) is 2.34. The zero-order valence-electron chi connectivity index (χ0n) is 11.6. The molecule has 1 aliphatic rings. The molecular weight excluding hydrogens is 240 g/mol. The van der Waals surface area contributed by atoms with Crippen LogP contribution in [-0.2, 0) is 6.54 Å². The van der Waals surface area contributed by atoms with Crippen molar-refractivity contribution >= 4 is 0 Å². The highest BCUT2D eigenvalue weighted by molar-refractivity contribution is 5.28. The summed E-state index contributed by atoms with van der Waals surface area (Å²) < 4.78 is 5.74. The number of rotatable bonds is 5. The maximum absolute atomic E-state index is 9.88. The highest BCUT2D eigenvalue weighted by atomic mass is 16.5. The second kappa shape index (κ2) is 6.37. The van der Waals surface area contributed by atoms with E-state index in [9.17, 15) is 5.11 Å². The minimum absolute atomic E-state index is 0.479. The van der Waals surface area contributed by atoms with E-state index in [1.807, 2.05) is 31.2 Å². The standard InChI is InChI=1S/C15H24N2O2/c1-15(18)5-7-17(8-6-15)9-10-19-14-4-2-3-13(11-14)12-16/h2-4,11,18H,5-10,12,16H2,1H3. The van der Waals surface area contributed by atoms with Crippen LogP contribution in [0.2, 0.25) is 0 Å². The van der Waals surface area contributed by atoms with E-state index in [1.54, 1.807) is 0 Å². The van der Waals surface area contributed by atoms with E-state index in [0.717, 1.165) is 43.8 Å². The summed E-state index contributed by atoms with van der Waals surface area (Å²) in [5.41, 5.74) is 6.21. The Morgan fingerprint density at radius 1 is 1.37 bits per heavy atom. The zero-order chi connectivity index (χ0) is 13.7. The molecule has 3 N–H and O–H groups in total. The van der Waals surface area contributed by atoms with Gasteiger partial charge < -0.3 is 15.6 Å². The lowest BCUT2D eigenvalue weighted by atomic mass is 9.94. The number of benzene rings is 1. The van der Waals surface area contributed by atoms with Crippen LogP contribution in [-0.4, -0.2) is 41.8 Å². The van der Waals surface area contributed by atoms with E-state index in [-0.39, 0.29) is 0 Å². The van der Waals surface area contributed by atoms with Gasteiger partial charge in [-0.25, -0.2) is 0 Å². The van der Waals surface area contributed by atoms with Gasteiger partial charge in [0.2, 0.25) is 0 Å². The zero-order valence-corrected chi connectivity index (χ0v) is 11.6. The Kier molecular flexibility index (Phi) is 4.80. The number of hydrogen-bond donors (Lipinski definition) is 2. The van der Waals surface area contributed by atoms with Gasteiger partial charge >= 0.3 is 0 Å². The number of ether oxygens (including phenoxy) is 1. The van der Waals surface area contributed by atoms with Crippen molar-refractivity contribution in [2.45, 2.75) is 31.9 Å². The molecule has 0 amide bonds. The summed E-state index contributed by atoms with van der Waals surface area (Å²) in [5.74, 6) is 0.881. The van der Waals surface area contributed by atoms with E-state index in [4.69, 9.17) is 10.5 Å². The third-order valence-electron chi connectivity index (χ3n) is 3.74. The molecule has 0 bridgehead atoms. The summed E-state index contributed by atoms with van der Waals surface area (Å²) in [6, 6.07) is 7.91. The smallest absolute Gasteiger partial charge is 0.119 e. The van der Waals surface area contributed by atoms with E-state index in [0.29, 0.717) is 13.2 Å². The van der Waals surface area contributed by atoms with Gasteiger partial charge in [0.25, 0.3) is 0 Å². The Hall–Kier alpha value is -1.10. The minimum Gasteiger partial charge on any atom is -0.492 e. The number of likely N-dealkylation sites (tertiary alicyclic amines) is 1. The lowest BCUT2D eigenvalue weighted by molar-refractivity contribution is -0.00768. The van der Waals surface area contributed by atoms with Crippen molar-refractivity contribution in [2.75, 3.05) is 26.2 Å². The second-order valence-electron chi connectivity index (χ2n) is 5.54. The first-order chi connectivity index (χ1) is 9.09. The molecule has 1 aromatic rings. The fourth-order valence-electron chi connectivity index (χ4n) is 2.31. The molecule has 0 aliphatic carbocycles. The molecule has 0 atom stereocenters. The van der Waals surface area contributed by atoms with Crippen LogP contribution in [0.25, 0.3) is 0 Å². The molecule has 0 spiro atoms. The fourth-order valence-corrected chi connectivity index (χ4v) is 2.31. The van der Waals surface area contributed by atoms with Crippen LogP contribution in [0.3, 0.4) is 0 Å². The summed E-state index contributed by atoms with van der Waals surface area (Å²) in [5, 5.41) is 9.88. The molecule has 19 heavy (non-hydrogen) atoms. The molecule has 1 fully saturated rings. The van der Waals surface area contributed by atoms with Crippen molar-refractivity contribution in [3.05, 3.63) is 29.8 Å². The van der Waals surface area contributed by atoms with E-state index >= 15 is 0 Å². The van der Waals surface area contributed by atoms with E-state index in [2.05, 4.69) is 4.90 Å². The van der Waals surface area contributed by atoms with Gasteiger partial charge in [0.1, 0.15) is 12.4 Å². The van der Waals surface area contributed by atoms with Gasteiger partial charge in [-0.05, 0) is 37.5 Å². The Labute approximate surface area is 115 Å². The van der Waals surface area contributed by atoms with Gasteiger partial charge in [-0.1, -0.05) is 12.1 Å². The third kappa shape index (κ3) is 4.49. The lowest BCUT2D eigenvalue weighted by Crippen LogP contribution is -2.43. The molecule has 0 aromatic heterocycles. The normalized spacial score (nSPS) is 19.3. The average molecular weight is 264 g/mol. The summed E-state index contributed by atoms with van der Waals surface area (Å²) in [6.45, 7) is 5.93. The van der Waals surface area contributed by atoms with E-state index < -0.39 is 5.60 Å². The predicted octanol–water partition coefficient (Wildman–Crippen LogP) is 1.37. The van der Waals surface area contributed by atoms with Crippen molar-refractivity contribution in [3.8, 4) is 5.75 Å². The number of hydrogen-bond acceptors (Lipinski definition) is 4. The topological polar surface area (TPSA) is 58.7 Å². The van der Waals surface area contributed by atoms with Crippen LogP contribution in [0.4, 0.5) is 0 Å². The highest BCUT2D eigenvalue weighted by Crippen LogP contribution is 2.20. The van der Waals surface area contributed by atoms with Crippen LogP contribution in [0.5, 0.6) is 5.75 Å². The van der Waals surface area contributed by atoms with Gasteiger partial charge in [0.05, 0.1) is 5.60 Å². The molecular formula is C15H24N2O2. The van der Waals surface area contributed by atoms with Crippen LogP contribution in [0.15, 0.2) is 24.3 Å². The van der Waals surface area contributed by atoms with Crippen molar-refractivity contribution in [3.63, 3.8) is 0 Å². The SMILES string of the molecule is CC1(O)CCN(CCOc2cccc(CN)c2)CC1. The largest absolute Gasteiger partial charge is 0.492 e. The van der Waals surface area contributed by atoms with Crippen LogP contribution in [0, 0.1) is 0 Å². The number of aliphatic hydroxyl groups is 1. The van der Waals surface area contributed by atoms with Crippen molar-refractivity contribution < 1.29 is 9.84 Å². The molecule has 0 saturated carbocycles. The summed E-state index contributed by atoms with van der Waals surface area (Å²) >= 11 is 0. The first-order valence-corrected chi connectivity index (χ1v) is 6.96. The van der Waals surface area contributed by atoms with Crippen LogP contribution >= 0.6 is 0 Å². The van der Waals surface area contributed by atoms with Gasteiger partial charge in [-0.3, -0.25) is 4.90 Å². The molecule has 0 unspecified atom stereocenters. The molecule has 1 aromatic carbocycles. The summed E-state index contributed by atoms with van der Waals surface area (Å²) in [7, 11) is 0. The lowest BCUT2D eigenvalue weighted by Gasteiger charge is -2.35. The Balaban J connectivity index is 1.72. The quantitative estimate of drug-likeness (QED) is 0.843. The van der Waals surface area contributed by atoms with Crippen LogP contribution < -0.4 is 10.5 Å². The van der Waals surface area contributed by atoms with Crippen molar-refractivity contribution in [2.24, 2.45) is 5.73 Å². The van der Waals surface area contributed by atoms with Crippen molar-refractivity contribution in [1.82, 2.24) is 4.90 Å². The Morgan fingerprint density at radius 3 is 2.79 bits per heavy atom. The first-order valence-electron chi connectivity index (χ1n) is 6.96. The molecule has 0 radical (unpaired) electrons. The third-order valence-corrected chi connectivity index (χ3v) is 3.74. The molecule has 4 heteroatoms. The fraction of sp³-hybridized carbons (Fsp3) is 0.600. The molecule has 106 valence electrons. The van der Waals surface area contributed by atoms with Gasteiger partial charge in [0, 0.05) is 26.2 Å². The number of nitrogens with two attached hydrogens (primary N) is 1.